The first-order chi connectivity index (χ1) is 14.1. The molecule has 8 heteroatoms. The lowest BCUT2D eigenvalue weighted by Crippen LogP contribution is -2.30. The molecule has 0 unspecified atom stereocenters. The van der Waals surface area contributed by atoms with Gasteiger partial charge in [0.15, 0.2) is 0 Å². The number of rotatable bonds is 9. The number of benzene rings is 1. The molecule has 1 amide bonds. The van der Waals surface area contributed by atoms with Gasteiger partial charge in [-0.2, -0.15) is 0 Å². The van der Waals surface area contributed by atoms with Crippen LogP contribution in [0.5, 0.6) is 0 Å². The molecule has 8 nitrogen and oxygen atoms in total. The van der Waals surface area contributed by atoms with Crippen molar-refractivity contribution in [2.75, 3.05) is 29.9 Å². The van der Waals surface area contributed by atoms with Gasteiger partial charge >= 0.3 is 0 Å². The Kier molecular flexibility index (Phi) is 7.38. The average molecular weight is 397 g/mol. The van der Waals surface area contributed by atoms with E-state index in [0.717, 1.165) is 30.2 Å². The van der Waals surface area contributed by atoms with Gasteiger partial charge in [-0.3, -0.25) is 14.9 Å². The molecule has 2 aromatic rings. The second kappa shape index (κ2) is 10.4. The Bertz CT molecular complexity index is 802. The minimum Gasteiger partial charge on any atom is -0.385 e. The summed E-state index contributed by atoms with van der Waals surface area (Å²) in [5, 5.41) is 16.7. The van der Waals surface area contributed by atoms with Crippen LogP contribution in [0.15, 0.2) is 42.6 Å². The molecule has 1 aromatic carbocycles. The molecular weight excluding hydrogens is 370 g/mol. The van der Waals surface area contributed by atoms with Gasteiger partial charge in [-0.25, -0.2) is 4.98 Å². The van der Waals surface area contributed by atoms with E-state index in [1.165, 1.54) is 31.4 Å². The van der Waals surface area contributed by atoms with Crippen LogP contribution in [-0.2, 0) is 11.3 Å². The van der Waals surface area contributed by atoms with Crippen molar-refractivity contribution < 1.29 is 9.72 Å². The molecule has 0 spiro atoms. The molecule has 0 bridgehead atoms. The van der Waals surface area contributed by atoms with Gasteiger partial charge in [-0.05, 0) is 49.4 Å². The number of pyridine rings is 1. The van der Waals surface area contributed by atoms with Gasteiger partial charge in [0.1, 0.15) is 5.82 Å². The molecular formula is C21H27N5O3. The number of nitro groups is 1. The number of aromatic nitrogens is 1. The van der Waals surface area contributed by atoms with E-state index in [4.69, 9.17) is 0 Å². The predicted octanol–water partition coefficient (Wildman–Crippen LogP) is 3.49. The topological polar surface area (TPSA) is 100 Å². The van der Waals surface area contributed by atoms with Gasteiger partial charge in [0, 0.05) is 56.6 Å². The molecule has 154 valence electrons. The average Bonchev–Trinajstić information content (AvgIpc) is 2.76. The summed E-state index contributed by atoms with van der Waals surface area (Å²) < 4.78 is 0. The zero-order valence-electron chi connectivity index (χ0n) is 16.5. The summed E-state index contributed by atoms with van der Waals surface area (Å²) in [6.45, 7) is 3.23. The van der Waals surface area contributed by atoms with E-state index in [1.807, 2.05) is 18.3 Å². The molecule has 2 N–H and O–H groups in total. The van der Waals surface area contributed by atoms with Crippen molar-refractivity contribution in [3.63, 3.8) is 0 Å². The molecule has 0 atom stereocenters. The quantitative estimate of drug-likeness (QED) is 0.382. The van der Waals surface area contributed by atoms with Crippen molar-refractivity contribution in [2.24, 2.45) is 0 Å². The highest BCUT2D eigenvalue weighted by Crippen LogP contribution is 2.17. The number of anilines is 2. The first-order valence-electron chi connectivity index (χ1n) is 10.1. The number of carbonyl (C=O) groups is 1. The number of carbonyl (C=O) groups excluding carboxylic acids is 1. The summed E-state index contributed by atoms with van der Waals surface area (Å²) in [5.74, 6) is 1.01. The summed E-state index contributed by atoms with van der Waals surface area (Å²) in [7, 11) is 0. The fraction of sp³-hybridized carbons (Fsp3) is 0.429. The molecule has 3 rings (SSSR count). The highest BCUT2D eigenvalue weighted by atomic mass is 16.6. The van der Waals surface area contributed by atoms with Crippen LogP contribution in [0.3, 0.4) is 0 Å². The second-order valence-electron chi connectivity index (χ2n) is 7.18. The monoisotopic (exact) mass is 397 g/mol. The van der Waals surface area contributed by atoms with Gasteiger partial charge in [-0.15, -0.1) is 0 Å². The third-order valence-corrected chi connectivity index (χ3v) is 4.97. The van der Waals surface area contributed by atoms with E-state index in [0.29, 0.717) is 25.9 Å². The van der Waals surface area contributed by atoms with E-state index in [9.17, 15) is 14.9 Å². The lowest BCUT2D eigenvalue weighted by Gasteiger charge is -2.27. The fourth-order valence-electron chi connectivity index (χ4n) is 3.30. The zero-order valence-corrected chi connectivity index (χ0v) is 16.5. The lowest BCUT2D eigenvalue weighted by molar-refractivity contribution is -0.384. The minimum atomic E-state index is -0.426. The number of nitrogens with zero attached hydrogens (tertiary/aromatic N) is 3. The van der Waals surface area contributed by atoms with Crippen molar-refractivity contribution in [1.82, 2.24) is 10.3 Å². The van der Waals surface area contributed by atoms with Crippen LogP contribution in [0.2, 0.25) is 0 Å². The number of non-ortho nitro benzene ring substituents is 1. The third kappa shape index (κ3) is 6.44. The van der Waals surface area contributed by atoms with Crippen LogP contribution in [0.25, 0.3) is 0 Å². The molecule has 2 heterocycles. The summed E-state index contributed by atoms with van der Waals surface area (Å²) in [6.07, 6.45) is 6.66. The highest BCUT2D eigenvalue weighted by molar-refractivity contribution is 5.75. The molecule has 1 aliphatic heterocycles. The Balaban J connectivity index is 1.33. The Morgan fingerprint density at radius 2 is 1.86 bits per heavy atom. The normalized spacial score (nSPS) is 13.7. The highest BCUT2D eigenvalue weighted by Gasteiger charge is 2.11. The van der Waals surface area contributed by atoms with E-state index in [2.05, 4.69) is 20.5 Å². The molecule has 1 aromatic heterocycles. The zero-order chi connectivity index (χ0) is 20.5. The largest absolute Gasteiger partial charge is 0.385 e. The molecule has 1 saturated heterocycles. The maximum Gasteiger partial charge on any atom is 0.269 e. The van der Waals surface area contributed by atoms with Gasteiger partial charge in [0.2, 0.25) is 5.91 Å². The second-order valence-corrected chi connectivity index (χ2v) is 7.18. The van der Waals surface area contributed by atoms with Crippen LogP contribution in [0.1, 0.15) is 37.7 Å². The van der Waals surface area contributed by atoms with E-state index in [1.54, 1.807) is 12.1 Å². The standard InChI is InChI=1S/C21H27N5O3/c27-21(5-4-12-22-18-7-9-19(10-8-18)26(28)29)24-16-17-6-11-20(23-15-17)25-13-2-1-3-14-25/h6-11,15,22H,1-5,12-14,16H2,(H,24,27). The minimum absolute atomic E-state index is 0.00407. The van der Waals surface area contributed by atoms with Crippen LogP contribution in [-0.4, -0.2) is 35.4 Å². The summed E-state index contributed by atoms with van der Waals surface area (Å²) in [4.78, 5) is 29.1. The Hall–Kier alpha value is -3.16. The third-order valence-electron chi connectivity index (χ3n) is 4.97. The van der Waals surface area contributed by atoms with Crippen molar-refractivity contribution in [1.29, 1.82) is 0 Å². The summed E-state index contributed by atoms with van der Waals surface area (Å²) in [6, 6.07) is 10.3. The van der Waals surface area contributed by atoms with Gasteiger partial charge in [0.05, 0.1) is 4.92 Å². The van der Waals surface area contributed by atoms with Gasteiger partial charge in [-0.1, -0.05) is 6.07 Å². The Morgan fingerprint density at radius 1 is 1.10 bits per heavy atom. The molecule has 1 fully saturated rings. The van der Waals surface area contributed by atoms with Crippen molar-refractivity contribution in [3.05, 3.63) is 58.3 Å². The first-order valence-corrected chi connectivity index (χ1v) is 10.1. The number of nitrogens with one attached hydrogen (secondary N) is 2. The smallest absolute Gasteiger partial charge is 0.269 e. The maximum atomic E-state index is 12.0. The van der Waals surface area contributed by atoms with Crippen LogP contribution < -0.4 is 15.5 Å². The predicted molar refractivity (Wildman–Crippen MR) is 113 cm³/mol. The van der Waals surface area contributed by atoms with Crippen LogP contribution >= 0.6 is 0 Å². The molecule has 0 aliphatic carbocycles. The number of hydrogen-bond acceptors (Lipinski definition) is 6. The van der Waals surface area contributed by atoms with Crippen LogP contribution in [0, 0.1) is 10.1 Å². The van der Waals surface area contributed by atoms with Crippen molar-refractivity contribution in [3.8, 4) is 0 Å². The number of piperidine rings is 1. The van der Waals surface area contributed by atoms with Crippen molar-refractivity contribution >= 4 is 23.1 Å². The van der Waals surface area contributed by atoms with E-state index < -0.39 is 4.92 Å². The lowest BCUT2D eigenvalue weighted by atomic mass is 10.1. The first kappa shape index (κ1) is 20.6. The molecule has 0 radical (unpaired) electrons. The summed E-state index contributed by atoms with van der Waals surface area (Å²) >= 11 is 0. The molecule has 1 aliphatic rings. The van der Waals surface area contributed by atoms with E-state index in [-0.39, 0.29) is 11.6 Å². The fourth-order valence-corrected chi connectivity index (χ4v) is 3.30. The molecule has 0 saturated carbocycles. The van der Waals surface area contributed by atoms with Gasteiger partial charge in [0.25, 0.3) is 5.69 Å². The maximum absolute atomic E-state index is 12.0. The molecule has 29 heavy (non-hydrogen) atoms. The Morgan fingerprint density at radius 3 is 2.52 bits per heavy atom. The SMILES string of the molecule is O=C(CCCNc1ccc([N+](=O)[O-])cc1)NCc1ccc(N2CCCCC2)nc1. The number of amides is 1. The van der Waals surface area contributed by atoms with E-state index >= 15 is 0 Å². The van der Waals surface area contributed by atoms with Crippen molar-refractivity contribution in [2.45, 2.75) is 38.6 Å². The Labute approximate surface area is 170 Å². The number of nitro benzene ring substituents is 1. The van der Waals surface area contributed by atoms with Crippen LogP contribution in [0.4, 0.5) is 17.2 Å². The summed E-state index contributed by atoms with van der Waals surface area (Å²) in [5.41, 5.74) is 1.85. The van der Waals surface area contributed by atoms with Gasteiger partial charge < -0.3 is 15.5 Å². The number of hydrogen-bond donors (Lipinski definition) is 2.